The Bertz CT molecular complexity index is 1010. The maximum atomic E-state index is 12.8. The van der Waals surface area contributed by atoms with Gasteiger partial charge in [-0.3, -0.25) is 4.79 Å². The molecule has 0 saturated carbocycles. The molecule has 1 unspecified atom stereocenters. The highest BCUT2D eigenvalue weighted by atomic mass is 32.2. The van der Waals surface area contributed by atoms with Crippen LogP contribution in [-0.2, 0) is 21.4 Å². The zero-order valence-electron chi connectivity index (χ0n) is 15.5. The second-order valence-corrected chi connectivity index (χ2v) is 10.3. The van der Waals surface area contributed by atoms with Gasteiger partial charge in [-0.1, -0.05) is 11.3 Å². The molecular formula is C17H23N3O4S3. The van der Waals surface area contributed by atoms with E-state index in [2.05, 4.69) is 4.99 Å². The van der Waals surface area contributed by atoms with Gasteiger partial charge in [0.2, 0.25) is 10.0 Å². The Hall–Kier alpha value is -1.36. The fraction of sp³-hybridized carbons (Fsp3) is 0.529. The second-order valence-electron chi connectivity index (χ2n) is 6.34. The van der Waals surface area contributed by atoms with Crippen molar-refractivity contribution in [1.29, 1.82) is 0 Å². The summed E-state index contributed by atoms with van der Waals surface area (Å²) in [6.45, 7) is 1.10. The lowest BCUT2D eigenvalue weighted by atomic mass is 10.2. The standard InChI is InChI=1S/C17H23N3O4S3/c1-24-12-6-7-13-15(11-12)26-17(19(13)9-10-25-2)18-16(21)14-5-4-8-20(14)27(3,22)23/h6-7,11,14H,4-5,8-10H2,1-3H3. The van der Waals surface area contributed by atoms with Crippen molar-refractivity contribution in [2.75, 3.05) is 31.9 Å². The van der Waals surface area contributed by atoms with Crippen LogP contribution in [0.4, 0.5) is 0 Å². The molecule has 0 spiro atoms. The van der Waals surface area contributed by atoms with E-state index in [1.165, 1.54) is 15.6 Å². The highest BCUT2D eigenvalue weighted by Crippen LogP contribution is 2.24. The largest absolute Gasteiger partial charge is 0.497 e. The first-order valence-electron chi connectivity index (χ1n) is 8.57. The number of nitrogens with zero attached hydrogens (tertiary/aromatic N) is 3. The third-order valence-corrected chi connectivity index (χ3v) is 7.45. The third kappa shape index (κ3) is 4.39. The minimum atomic E-state index is -3.42. The number of amides is 1. The van der Waals surface area contributed by atoms with Gasteiger partial charge < -0.3 is 9.30 Å². The number of hydrogen-bond donors (Lipinski definition) is 0. The molecule has 148 valence electrons. The van der Waals surface area contributed by atoms with Crippen LogP contribution in [0.1, 0.15) is 12.8 Å². The van der Waals surface area contributed by atoms with E-state index in [1.54, 1.807) is 18.9 Å². The molecule has 0 N–H and O–H groups in total. The van der Waals surface area contributed by atoms with E-state index < -0.39 is 22.0 Å². The van der Waals surface area contributed by atoms with Gasteiger partial charge >= 0.3 is 0 Å². The molecule has 1 aliphatic rings. The van der Waals surface area contributed by atoms with Crippen LogP contribution in [0.5, 0.6) is 5.75 Å². The Morgan fingerprint density at radius 2 is 2.22 bits per heavy atom. The van der Waals surface area contributed by atoms with Gasteiger partial charge in [-0.2, -0.15) is 21.1 Å². The van der Waals surface area contributed by atoms with Crippen LogP contribution >= 0.6 is 23.1 Å². The molecule has 0 bridgehead atoms. The van der Waals surface area contributed by atoms with E-state index in [9.17, 15) is 13.2 Å². The summed E-state index contributed by atoms with van der Waals surface area (Å²) in [7, 11) is -1.80. The highest BCUT2D eigenvalue weighted by Gasteiger charge is 2.36. The molecule has 1 aliphatic heterocycles. The molecule has 27 heavy (non-hydrogen) atoms. The summed E-state index contributed by atoms with van der Waals surface area (Å²) < 4.78 is 33.4. The average molecular weight is 430 g/mol. The molecule has 1 saturated heterocycles. The molecule has 1 aromatic carbocycles. The Kier molecular flexibility index (Phi) is 6.29. The topological polar surface area (TPSA) is 81.0 Å². The lowest BCUT2D eigenvalue weighted by molar-refractivity contribution is -0.121. The van der Waals surface area contributed by atoms with Crippen LogP contribution in [0, 0.1) is 0 Å². The van der Waals surface area contributed by atoms with Gasteiger partial charge in [0.25, 0.3) is 5.91 Å². The summed E-state index contributed by atoms with van der Waals surface area (Å²) in [5, 5.41) is 0. The average Bonchev–Trinajstić information content (AvgIpc) is 3.24. The summed E-state index contributed by atoms with van der Waals surface area (Å²) in [6.07, 6.45) is 4.36. The minimum Gasteiger partial charge on any atom is -0.497 e. The van der Waals surface area contributed by atoms with Gasteiger partial charge in [0.1, 0.15) is 11.8 Å². The third-order valence-electron chi connectivity index (χ3n) is 4.53. The van der Waals surface area contributed by atoms with Crippen LogP contribution in [0.15, 0.2) is 23.2 Å². The minimum absolute atomic E-state index is 0.376. The van der Waals surface area contributed by atoms with E-state index in [4.69, 9.17) is 4.74 Å². The van der Waals surface area contributed by atoms with Gasteiger partial charge in [0.15, 0.2) is 4.80 Å². The smallest absolute Gasteiger partial charge is 0.266 e. The van der Waals surface area contributed by atoms with Crippen molar-refractivity contribution >= 4 is 49.2 Å². The molecule has 2 heterocycles. The predicted molar refractivity (Wildman–Crippen MR) is 110 cm³/mol. The number of rotatable bonds is 6. The van der Waals surface area contributed by atoms with Crippen molar-refractivity contribution in [1.82, 2.24) is 8.87 Å². The molecule has 2 aromatic rings. The number of ether oxygens (including phenoxy) is 1. The van der Waals surface area contributed by atoms with E-state index in [1.807, 2.05) is 29.0 Å². The first kappa shape index (κ1) is 20.4. The lowest BCUT2D eigenvalue weighted by Gasteiger charge is -2.18. The SMILES string of the molecule is COc1ccc2c(c1)sc(=NC(=O)C1CCCN1S(C)(=O)=O)n2CCSC. The summed E-state index contributed by atoms with van der Waals surface area (Å²) in [6, 6.07) is 5.08. The Morgan fingerprint density at radius 1 is 1.44 bits per heavy atom. The number of thiazole rings is 1. The monoisotopic (exact) mass is 429 g/mol. The molecule has 1 aromatic heterocycles. The van der Waals surface area contributed by atoms with Gasteiger partial charge in [-0.25, -0.2) is 8.42 Å². The van der Waals surface area contributed by atoms with Gasteiger partial charge in [-0.05, 0) is 37.3 Å². The van der Waals surface area contributed by atoms with E-state index in [-0.39, 0.29) is 0 Å². The fourth-order valence-electron chi connectivity index (χ4n) is 3.22. The van der Waals surface area contributed by atoms with Crippen molar-refractivity contribution < 1.29 is 17.9 Å². The number of carbonyl (C=O) groups is 1. The lowest BCUT2D eigenvalue weighted by Crippen LogP contribution is -2.40. The highest BCUT2D eigenvalue weighted by molar-refractivity contribution is 7.98. The van der Waals surface area contributed by atoms with E-state index >= 15 is 0 Å². The Balaban J connectivity index is 2.04. The number of aromatic nitrogens is 1. The number of aryl methyl sites for hydroxylation is 1. The molecule has 7 nitrogen and oxygen atoms in total. The summed E-state index contributed by atoms with van der Waals surface area (Å²) in [5.74, 6) is 1.24. The summed E-state index contributed by atoms with van der Waals surface area (Å²) >= 11 is 3.14. The fourth-order valence-corrected chi connectivity index (χ4v) is 5.79. The molecule has 1 atom stereocenters. The molecular weight excluding hydrogens is 406 g/mol. The number of carbonyl (C=O) groups excluding carboxylic acids is 1. The zero-order valence-corrected chi connectivity index (χ0v) is 18.0. The quantitative estimate of drug-likeness (QED) is 0.701. The Morgan fingerprint density at radius 3 is 2.89 bits per heavy atom. The number of benzene rings is 1. The van der Waals surface area contributed by atoms with E-state index in [0.717, 1.165) is 34.5 Å². The maximum absolute atomic E-state index is 12.8. The van der Waals surface area contributed by atoms with Crippen LogP contribution in [0.3, 0.4) is 0 Å². The van der Waals surface area contributed by atoms with Crippen molar-refractivity contribution in [3.63, 3.8) is 0 Å². The summed E-state index contributed by atoms with van der Waals surface area (Å²) in [5.41, 5.74) is 0.993. The molecule has 1 amide bonds. The second kappa shape index (κ2) is 8.34. The van der Waals surface area contributed by atoms with Crippen LogP contribution < -0.4 is 9.54 Å². The van der Waals surface area contributed by atoms with Crippen LogP contribution in [0.2, 0.25) is 0 Å². The molecule has 10 heteroatoms. The van der Waals surface area contributed by atoms with E-state index in [0.29, 0.717) is 24.2 Å². The van der Waals surface area contributed by atoms with Crippen molar-refractivity contribution in [2.24, 2.45) is 4.99 Å². The number of hydrogen-bond acceptors (Lipinski definition) is 6. The summed E-state index contributed by atoms with van der Waals surface area (Å²) in [4.78, 5) is 17.7. The van der Waals surface area contributed by atoms with Crippen molar-refractivity contribution in [3.8, 4) is 5.75 Å². The Labute approximate surface area is 167 Å². The van der Waals surface area contributed by atoms with Crippen molar-refractivity contribution in [3.05, 3.63) is 23.0 Å². The van der Waals surface area contributed by atoms with Crippen molar-refractivity contribution in [2.45, 2.75) is 25.4 Å². The molecule has 0 aliphatic carbocycles. The maximum Gasteiger partial charge on any atom is 0.266 e. The molecule has 1 fully saturated rings. The first-order valence-corrected chi connectivity index (χ1v) is 12.6. The predicted octanol–water partition coefficient (Wildman–Crippen LogP) is 1.93. The van der Waals surface area contributed by atoms with Gasteiger partial charge in [0.05, 0.1) is 23.6 Å². The number of methoxy groups -OCH3 is 1. The first-order chi connectivity index (χ1) is 12.8. The number of fused-ring (bicyclic) bond motifs is 1. The number of thioether (sulfide) groups is 1. The number of sulfonamides is 1. The zero-order chi connectivity index (χ0) is 19.6. The molecule has 0 radical (unpaired) electrons. The van der Waals surface area contributed by atoms with Crippen LogP contribution in [-0.4, -0.2) is 61.2 Å². The van der Waals surface area contributed by atoms with Crippen LogP contribution in [0.25, 0.3) is 10.2 Å². The van der Waals surface area contributed by atoms with Gasteiger partial charge in [0, 0.05) is 18.8 Å². The molecule has 3 rings (SSSR count). The normalized spacial score (nSPS) is 19.1. The van der Waals surface area contributed by atoms with Gasteiger partial charge in [-0.15, -0.1) is 0 Å².